The number of pyridine rings is 1. The van der Waals surface area contributed by atoms with E-state index in [1.807, 2.05) is 26.0 Å². The summed E-state index contributed by atoms with van der Waals surface area (Å²) >= 11 is 0. The fourth-order valence-electron chi connectivity index (χ4n) is 1.70. The highest BCUT2D eigenvalue weighted by Gasteiger charge is 2.20. The van der Waals surface area contributed by atoms with E-state index in [4.69, 9.17) is 0 Å². The Hall–Kier alpha value is -1.43. The van der Waals surface area contributed by atoms with Crippen LogP contribution in [0.2, 0.25) is 0 Å². The second kappa shape index (κ2) is 6.65. The summed E-state index contributed by atoms with van der Waals surface area (Å²) in [4.78, 5) is 17.7. The van der Waals surface area contributed by atoms with Gasteiger partial charge in [0, 0.05) is 19.0 Å². The summed E-state index contributed by atoms with van der Waals surface area (Å²) in [6, 6.07) is 5.46. The molecule has 0 bridgehead atoms. The lowest BCUT2D eigenvalue weighted by molar-refractivity contribution is -0.129. The molecule has 0 N–H and O–H groups in total. The molecular weight excluding hydrogens is 264 g/mol. The zero-order valence-corrected chi connectivity index (χ0v) is 12.4. The van der Waals surface area contributed by atoms with Crippen molar-refractivity contribution in [3.8, 4) is 0 Å². The fraction of sp³-hybridized carbons (Fsp3) is 0.538. The van der Waals surface area contributed by atoms with Crippen LogP contribution in [0.3, 0.4) is 0 Å². The van der Waals surface area contributed by atoms with Crippen molar-refractivity contribution in [1.29, 1.82) is 0 Å². The Morgan fingerprint density at radius 2 is 2.05 bits per heavy atom. The summed E-state index contributed by atoms with van der Waals surface area (Å²) in [7, 11) is -3.31. The molecular formula is C13H20N2O3S. The molecule has 106 valence electrons. The number of carbonyl (C=O) groups is 1. The molecule has 0 aliphatic carbocycles. The Labute approximate surface area is 114 Å². The minimum atomic E-state index is -3.31. The maximum Gasteiger partial charge on any atom is 0.238 e. The third kappa shape index (κ3) is 6.33. The first kappa shape index (κ1) is 15.6. The van der Waals surface area contributed by atoms with E-state index in [1.54, 1.807) is 17.2 Å². The first-order chi connectivity index (χ1) is 8.78. The minimum absolute atomic E-state index is 0.271. The molecule has 6 heteroatoms. The van der Waals surface area contributed by atoms with Gasteiger partial charge < -0.3 is 4.90 Å². The van der Waals surface area contributed by atoms with Gasteiger partial charge in [0.2, 0.25) is 5.91 Å². The van der Waals surface area contributed by atoms with Gasteiger partial charge in [-0.2, -0.15) is 0 Å². The molecule has 0 radical (unpaired) electrons. The predicted molar refractivity (Wildman–Crippen MR) is 74.2 cm³/mol. The van der Waals surface area contributed by atoms with E-state index in [9.17, 15) is 13.2 Å². The van der Waals surface area contributed by atoms with Crippen LogP contribution in [0.4, 0.5) is 0 Å². The van der Waals surface area contributed by atoms with Crippen molar-refractivity contribution in [2.45, 2.75) is 20.4 Å². The van der Waals surface area contributed by atoms with E-state index in [2.05, 4.69) is 4.98 Å². The molecule has 0 saturated carbocycles. The van der Waals surface area contributed by atoms with Gasteiger partial charge in [-0.1, -0.05) is 19.9 Å². The van der Waals surface area contributed by atoms with Crippen LogP contribution in [0.5, 0.6) is 0 Å². The molecule has 0 spiro atoms. The smallest absolute Gasteiger partial charge is 0.238 e. The van der Waals surface area contributed by atoms with Gasteiger partial charge in [0.15, 0.2) is 9.84 Å². The van der Waals surface area contributed by atoms with Crippen LogP contribution < -0.4 is 0 Å². The number of rotatable bonds is 6. The second-order valence-corrected chi connectivity index (χ2v) is 7.20. The molecule has 0 saturated heterocycles. The number of sulfone groups is 1. The SMILES string of the molecule is CC(C)CN(Cc1ccccn1)C(=O)CS(C)(=O)=O. The molecule has 1 aromatic heterocycles. The Morgan fingerprint density at radius 1 is 1.37 bits per heavy atom. The largest absolute Gasteiger partial charge is 0.336 e. The standard InChI is InChI=1S/C13H20N2O3S/c1-11(2)8-15(13(16)10-19(3,17)18)9-12-6-4-5-7-14-12/h4-7,11H,8-10H2,1-3H3. The molecule has 0 unspecified atom stereocenters. The van der Waals surface area contributed by atoms with Gasteiger partial charge in [0.1, 0.15) is 5.75 Å². The number of hydrogen-bond donors (Lipinski definition) is 0. The summed E-state index contributed by atoms with van der Waals surface area (Å²) in [6.45, 7) is 4.83. The van der Waals surface area contributed by atoms with Gasteiger partial charge in [0.25, 0.3) is 0 Å². The molecule has 1 rings (SSSR count). The molecule has 1 amide bonds. The number of nitrogens with zero attached hydrogens (tertiary/aromatic N) is 2. The Kier molecular flexibility index (Phi) is 5.47. The Balaban J connectivity index is 2.80. The first-order valence-electron chi connectivity index (χ1n) is 6.13. The maximum absolute atomic E-state index is 12.0. The normalized spacial score (nSPS) is 11.6. The zero-order valence-electron chi connectivity index (χ0n) is 11.5. The van der Waals surface area contributed by atoms with Crippen molar-refractivity contribution in [3.63, 3.8) is 0 Å². The average Bonchev–Trinajstić information content (AvgIpc) is 2.26. The van der Waals surface area contributed by atoms with Crippen LogP contribution in [-0.4, -0.2) is 42.8 Å². The summed E-state index contributed by atoms with van der Waals surface area (Å²) in [5.41, 5.74) is 0.755. The van der Waals surface area contributed by atoms with E-state index < -0.39 is 15.6 Å². The summed E-state index contributed by atoms with van der Waals surface area (Å²) < 4.78 is 22.4. The first-order valence-corrected chi connectivity index (χ1v) is 8.19. The lowest BCUT2D eigenvalue weighted by Gasteiger charge is -2.24. The molecule has 1 aromatic rings. The number of hydrogen-bond acceptors (Lipinski definition) is 4. The second-order valence-electron chi connectivity index (χ2n) is 5.06. The van der Waals surface area contributed by atoms with E-state index in [1.165, 1.54) is 0 Å². The summed E-state index contributed by atoms with van der Waals surface area (Å²) in [5.74, 6) is -0.555. The molecule has 0 fully saturated rings. The average molecular weight is 284 g/mol. The van der Waals surface area contributed by atoms with Crippen molar-refractivity contribution in [2.75, 3.05) is 18.6 Å². The predicted octanol–water partition coefficient (Wildman–Crippen LogP) is 1.11. The van der Waals surface area contributed by atoms with Crippen molar-refractivity contribution in [2.24, 2.45) is 5.92 Å². The van der Waals surface area contributed by atoms with E-state index >= 15 is 0 Å². The van der Waals surface area contributed by atoms with Crippen molar-refractivity contribution < 1.29 is 13.2 Å². The molecule has 0 atom stereocenters. The lowest BCUT2D eigenvalue weighted by Crippen LogP contribution is -2.37. The topological polar surface area (TPSA) is 67.3 Å². The Morgan fingerprint density at radius 3 is 2.53 bits per heavy atom. The van der Waals surface area contributed by atoms with Crippen LogP contribution in [0, 0.1) is 5.92 Å². The molecule has 0 aromatic carbocycles. The lowest BCUT2D eigenvalue weighted by atomic mass is 10.2. The third-order valence-electron chi connectivity index (χ3n) is 2.40. The third-order valence-corrected chi connectivity index (χ3v) is 3.17. The number of aromatic nitrogens is 1. The summed E-state index contributed by atoms with van der Waals surface area (Å²) in [6.07, 6.45) is 2.73. The minimum Gasteiger partial charge on any atom is -0.336 e. The van der Waals surface area contributed by atoms with Crippen LogP contribution >= 0.6 is 0 Å². The van der Waals surface area contributed by atoms with Crippen LogP contribution in [0.1, 0.15) is 19.5 Å². The molecule has 1 heterocycles. The van der Waals surface area contributed by atoms with Crippen molar-refractivity contribution in [1.82, 2.24) is 9.88 Å². The van der Waals surface area contributed by atoms with Gasteiger partial charge in [-0.25, -0.2) is 8.42 Å². The number of amides is 1. The van der Waals surface area contributed by atoms with E-state index in [0.29, 0.717) is 13.1 Å². The van der Waals surface area contributed by atoms with Gasteiger partial charge in [-0.3, -0.25) is 9.78 Å². The highest BCUT2D eigenvalue weighted by Crippen LogP contribution is 2.06. The summed E-state index contributed by atoms with van der Waals surface area (Å²) in [5, 5.41) is 0. The van der Waals surface area contributed by atoms with E-state index in [0.717, 1.165) is 11.9 Å². The highest BCUT2D eigenvalue weighted by molar-refractivity contribution is 7.91. The van der Waals surface area contributed by atoms with Gasteiger partial charge >= 0.3 is 0 Å². The Bertz CT molecular complexity index is 512. The van der Waals surface area contributed by atoms with Crippen LogP contribution in [-0.2, 0) is 21.2 Å². The highest BCUT2D eigenvalue weighted by atomic mass is 32.2. The molecule has 0 aliphatic heterocycles. The van der Waals surface area contributed by atoms with Crippen molar-refractivity contribution in [3.05, 3.63) is 30.1 Å². The van der Waals surface area contributed by atoms with Gasteiger partial charge in [0.05, 0.1) is 12.2 Å². The van der Waals surface area contributed by atoms with Crippen LogP contribution in [0.25, 0.3) is 0 Å². The monoisotopic (exact) mass is 284 g/mol. The quantitative estimate of drug-likeness (QED) is 0.785. The molecule has 0 aliphatic rings. The van der Waals surface area contributed by atoms with Crippen LogP contribution in [0.15, 0.2) is 24.4 Å². The van der Waals surface area contributed by atoms with Gasteiger partial charge in [-0.05, 0) is 18.1 Å². The maximum atomic E-state index is 12.0. The fourth-order valence-corrected chi connectivity index (χ4v) is 2.33. The number of carbonyl (C=O) groups excluding carboxylic acids is 1. The van der Waals surface area contributed by atoms with Gasteiger partial charge in [-0.15, -0.1) is 0 Å². The molecule has 19 heavy (non-hydrogen) atoms. The van der Waals surface area contributed by atoms with E-state index in [-0.39, 0.29) is 11.8 Å². The zero-order chi connectivity index (χ0) is 14.5. The molecule has 5 nitrogen and oxygen atoms in total. The van der Waals surface area contributed by atoms with Crippen molar-refractivity contribution >= 4 is 15.7 Å².